The van der Waals surface area contributed by atoms with E-state index in [9.17, 15) is 4.79 Å². The van der Waals surface area contributed by atoms with Crippen LogP contribution in [0, 0.1) is 6.92 Å². The van der Waals surface area contributed by atoms with E-state index in [0.717, 1.165) is 33.4 Å². The number of benzene rings is 2. The molecule has 138 valence electrons. The van der Waals surface area contributed by atoms with Crippen molar-refractivity contribution in [3.8, 4) is 11.5 Å². The molecule has 0 aliphatic rings. The van der Waals surface area contributed by atoms with Crippen molar-refractivity contribution in [2.24, 2.45) is 7.05 Å². The number of nitrogens with zero attached hydrogens (tertiary/aromatic N) is 5. The van der Waals surface area contributed by atoms with Gasteiger partial charge in [-0.3, -0.25) is 0 Å². The van der Waals surface area contributed by atoms with Gasteiger partial charge < -0.3 is 8.98 Å². The molecule has 0 amide bonds. The molecule has 0 aliphatic carbocycles. The number of aryl methyl sites for hydroxylation is 2. The van der Waals surface area contributed by atoms with E-state index >= 15 is 0 Å². The van der Waals surface area contributed by atoms with E-state index in [1.807, 2.05) is 67.2 Å². The molecule has 2 aromatic carbocycles. The zero-order valence-electron chi connectivity index (χ0n) is 15.5. The lowest BCUT2D eigenvalue weighted by Crippen LogP contribution is -2.06. The van der Waals surface area contributed by atoms with Gasteiger partial charge in [-0.1, -0.05) is 29.5 Å². The number of para-hydroxylation sites is 2. The highest BCUT2D eigenvalue weighted by Crippen LogP contribution is 2.23. The van der Waals surface area contributed by atoms with Gasteiger partial charge in [0.15, 0.2) is 5.82 Å². The maximum atomic E-state index is 12.0. The lowest BCUT2D eigenvalue weighted by molar-refractivity contribution is 0.555. The molecule has 7 heteroatoms. The summed E-state index contributed by atoms with van der Waals surface area (Å²) in [5.41, 5.74) is 4.72. The van der Waals surface area contributed by atoms with E-state index in [1.165, 1.54) is 6.07 Å². The molecular weight excluding hydrogens is 354 g/mol. The van der Waals surface area contributed by atoms with Gasteiger partial charge in [0.25, 0.3) is 0 Å². The molecule has 28 heavy (non-hydrogen) atoms. The number of aromatic nitrogens is 5. The fourth-order valence-electron chi connectivity index (χ4n) is 3.50. The normalized spacial score (nSPS) is 11.5. The molecule has 3 aromatic heterocycles. The van der Waals surface area contributed by atoms with Gasteiger partial charge in [-0.15, -0.1) is 5.10 Å². The lowest BCUT2D eigenvalue weighted by atomic mass is 10.1. The molecule has 5 aromatic rings. The van der Waals surface area contributed by atoms with Crippen LogP contribution in [0.1, 0.15) is 11.1 Å². The average molecular weight is 371 g/mol. The van der Waals surface area contributed by atoms with Gasteiger partial charge in [-0.2, -0.15) is 0 Å². The molecule has 3 heterocycles. The van der Waals surface area contributed by atoms with Crippen LogP contribution in [0.4, 0.5) is 0 Å². The molecule has 7 nitrogen and oxygen atoms in total. The molecule has 5 rings (SSSR count). The van der Waals surface area contributed by atoms with E-state index in [4.69, 9.17) is 4.42 Å². The molecule has 0 N–H and O–H groups in total. The Morgan fingerprint density at radius 1 is 1.11 bits per heavy atom. The topological polar surface area (TPSA) is 78.7 Å². The number of hydrogen-bond donors (Lipinski definition) is 0. The molecule has 0 bridgehead atoms. The van der Waals surface area contributed by atoms with Crippen LogP contribution in [0.5, 0.6) is 0 Å². The Morgan fingerprint density at radius 3 is 2.82 bits per heavy atom. The van der Waals surface area contributed by atoms with Crippen molar-refractivity contribution in [2.75, 3.05) is 0 Å². The molecule has 0 spiro atoms. The first kappa shape index (κ1) is 16.4. The number of fused-ring (bicyclic) bond motifs is 2. The first-order chi connectivity index (χ1) is 13.6. The highest BCUT2D eigenvalue weighted by molar-refractivity contribution is 5.81. The van der Waals surface area contributed by atoms with Gasteiger partial charge in [-0.25, -0.2) is 14.5 Å². The van der Waals surface area contributed by atoms with Crippen LogP contribution in [0.2, 0.25) is 0 Å². The first-order valence-corrected chi connectivity index (χ1v) is 8.94. The van der Waals surface area contributed by atoms with Crippen molar-refractivity contribution >= 4 is 22.0 Å². The monoisotopic (exact) mass is 371 g/mol. The van der Waals surface area contributed by atoms with Crippen LogP contribution < -0.4 is 5.63 Å². The maximum absolute atomic E-state index is 12.0. The molecule has 0 saturated carbocycles. The van der Waals surface area contributed by atoms with Crippen molar-refractivity contribution in [1.82, 2.24) is 24.5 Å². The molecule has 0 fully saturated rings. The summed E-state index contributed by atoms with van der Waals surface area (Å²) in [7, 11) is 1.96. The van der Waals surface area contributed by atoms with Gasteiger partial charge in [-0.05, 0) is 36.2 Å². The molecular formula is C21H17N5O2. The Kier molecular flexibility index (Phi) is 3.61. The SMILES string of the molecule is Cc1ccc2c(Cn3cc(-c4nc5ccccc5n4C)nn3)cc(=O)oc2c1. The van der Waals surface area contributed by atoms with E-state index in [2.05, 4.69) is 15.3 Å². The van der Waals surface area contributed by atoms with Crippen LogP contribution in [-0.4, -0.2) is 24.5 Å². The molecule has 0 unspecified atom stereocenters. The van der Waals surface area contributed by atoms with Gasteiger partial charge in [0, 0.05) is 18.5 Å². The summed E-state index contributed by atoms with van der Waals surface area (Å²) in [6.07, 6.45) is 1.84. The quantitative estimate of drug-likeness (QED) is 0.455. The predicted molar refractivity (Wildman–Crippen MR) is 106 cm³/mol. The Hall–Kier alpha value is -3.74. The summed E-state index contributed by atoms with van der Waals surface area (Å²) in [6.45, 7) is 2.38. The third-order valence-electron chi connectivity index (χ3n) is 4.87. The summed E-state index contributed by atoms with van der Waals surface area (Å²) >= 11 is 0. The second-order valence-corrected chi connectivity index (χ2v) is 6.87. The number of hydrogen-bond acceptors (Lipinski definition) is 5. The first-order valence-electron chi connectivity index (χ1n) is 8.94. The van der Waals surface area contributed by atoms with E-state index in [-0.39, 0.29) is 5.63 Å². The van der Waals surface area contributed by atoms with Crippen LogP contribution in [0.25, 0.3) is 33.5 Å². The highest BCUT2D eigenvalue weighted by Gasteiger charge is 2.14. The zero-order chi connectivity index (χ0) is 19.3. The fourth-order valence-corrected chi connectivity index (χ4v) is 3.50. The largest absolute Gasteiger partial charge is 0.423 e. The van der Waals surface area contributed by atoms with Gasteiger partial charge in [0.2, 0.25) is 0 Å². The second-order valence-electron chi connectivity index (χ2n) is 6.87. The predicted octanol–water partition coefficient (Wildman–Crippen LogP) is 3.29. The molecule has 0 saturated heterocycles. The number of rotatable bonds is 3. The third kappa shape index (κ3) is 2.68. The van der Waals surface area contributed by atoms with Gasteiger partial charge in [0.05, 0.1) is 23.8 Å². The fraction of sp³-hybridized carbons (Fsp3) is 0.143. The maximum Gasteiger partial charge on any atom is 0.336 e. The van der Waals surface area contributed by atoms with Gasteiger partial charge in [0.1, 0.15) is 11.3 Å². The average Bonchev–Trinajstić information content (AvgIpc) is 3.26. The van der Waals surface area contributed by atoms with Crippen LogP contribution in [0.3, 0.4) is 0 Å². The van der Waals surface area contributed by atoms with Gasteiger partial charge >= 0.3 is 5.63 Å². The minimum atomic E-state index is -0.371. The smallest absolute Gasteiger partial charge is 0.336 e. The molecule has 0 radical (unpaired) electrons. The minimum absolute atomic E-state index is 0.371. The summed E-state index contributed by atoms with van der Waals surface area (Å²) in [5, 5.41) is 9.41. The van der Waals surface area contributed by atoms with Crippen LogP contribution >= 0.6 is 0 Å². The minimum Gasteiger partial charge on any atom is -0.423 e. The summed E-state index contributed by atoms with van der Waals surface area (Å²) in [5.74, 6) is 0.750. The number of imidazole rings is 1. The summed E-state index contributed by atoms with van der Waals surface area (Å²) in [4.78, 5) is 16.6. The molecule has 0 atom stereocenters. The van der Waals surface area contributed by atoms with E-state index in [1.54, 1.807) is 4.68 Å². The Balaban J connectivity index is 1.55. The van der Waals surface area contributed by atoms with Crippen molar-refractivity contribution < 1.29 is 4.42 Å². The van der Waals surface area contributed by atoms with Crippen molar-refractivity contribution in [2.45, 2.75) is 13.5 Å². The van der Waals surface area contributed by atoms with Crippen LogP contribution in [-0.2, 0) is 13.6 Å². The zero-order valence-corrected chi connectivity index (χ0v) is 15.5. The standard InChI is InChI=1S/C21H17N5O2/c1-13-7-8-15-14(10-20(27)28-19(15)9-13)11-26-12-17(23-24-26)21-22-16-5-3-4-6-18(16)25(21)2/h3-10,12H,11H2,1-2H3. The summed E-state index contributed by atoms with van der Waals surface area (Å²) in [6, 6.07) is 15.3. The van der Waals surface area contributed by atoms with Crippen molar-refractivity contribution in [3.05, 3.63) is 76.3 Å². The Bertz CT molecular complexity index is 1390. The molecule has 0 aliphatic heterocycles. The van der Waals surface area contributed by atoms with E-state index < -0.39 is 0 Å². The lowest BCUT2D eigenvalue weighted by Gasteiger charge is -2.05. The third-order valence-corrected chi connectivity index (χ3v) is 4.87. The second kappa shape index (κ2) is 6.16. The van der Waals surface area contributed by atoms with Crippen molar-refractivity contribution in [3.63, 3.8) is 0 Å². The highest BCUT2D eigenvalue weighted by atomic mass is 16.4. The van der Waals surface area contributed by atoms with E-state index in [0.29, 0.717) is 17.8 Å². The van der Waals surface area contributed by atoms with Crippen molar-refractivity contribution in [1.29, 1.82) is 0 Å². The Labute approximate surface area is 159 Å². The summed E-state index contributed by atoms with van der Waals surface area (Å²) < 4.78 is 9.04. The Morgan fingerprint density at radius 2 is 1.96 bits per heavy atom. The van der Waals surface area contributed by atoms with Crippen LogP contribution in [0.15, 0.2) is 63.9 Å².